The molecular weight excluding hydrogens is 349 g/mol. The van der Waals surface area contributed by atoms with Gasteiger partial charge in [-0.15, -0.1) is 0 Å². The van der Waals surface area contributed by atoms with Gasteiger partial charge in [0.25, 0.3) is 5.91 Å². The van der Waals surface area contributed by atoms with Crippen LogP contribution in [-0.4, -0.2) is 47.3 Å². The predicted molar refractivity (Wildman–Crippen MR) is 98.3 cm³/mol. The maximum absolute atomic E-state index is 13.3. The molecule has 6 nitrogen and oxygen atoms in total. The zero-order valence-electron chi connectivity index (χ0n) is 15.7. The highest BCUT2D eigenvalue weighted by molar-refractivity contribution is 6.09. The van der Waals surface area contributed by atoms with Crippen LogP contribution in [0.4, 0.5) is 9.18 Å². The van der Waals surface area contributed by atoms with Crippen LogP contribution in [0.15, 0.2) is 24.3 Å². The van der Waals surface area contributed by atoms with Crippen LogP contribution in [0, 0.1) is 5.82 Å². The second-order valence-electron chi connectivity index (χ2n) is 7.28. The Kier molecular flexibility index (Phi) is 5.77. The van der Waals surface area contributed by atoms with Crippen LogP contribution in [-0.2, 0) is 15.1 Å². The summed E-state index contributed by atoms with van der Waals surface area (Å²) >= 11 is 0. The van der Waals surface area contributed by atoms with Crippen molar-refractivity contribution in [3.8, 4) is 0 Å². The molecule has 1 aromatic carbocycles. The number of piperidine rings is 1. The number of carbonyl (C=O) groups is 3. The number of carbonyl (C=O) groups excluding carboxylic acids is 3. The lowest BCUT2D eigenvalue weighted by atomic mass is 9.85. The van der Waals surface area contributed by atoms with E-state index in [0.717, 1.165) is 37.0 Å². The predicted octanol–water partition coefficient (Wildman–Crippen LogP) is 2.78. The average molecular weight is 375 g/mol. The number of hydrogen-bond acceptors (Lipinski definition) is 3. The molecule has 2 aliphatic heterocycles. The van der Waals surface area contributed by atoms with E-state index in [-0.39, 0.29) is 12.5 Å². The van der Waals surface area contributed by atoms with Crippen LogP contribution in [0.2, 0.25) is 0 Å². The van der Waals surface area contributed by atoms with Crippen molar-refractivity contribution in [2.24, 2.45) is 0 Å². The van der Waals surface area contributed by atoms with Crippen molar-refractivity contribution in [2.75, 3.05) is 19.6 Å². The Bertz CT molecular complexity index is 716. The molecule has 1 atom stereocenters. The van der Waals surface area contributed by atoms with Crippen LogP contribution in [0.3, 0.4) is 0 Å². The van der Waals surface area contributed by atoms with Crippen molar-refractivity contribution >= 4 is 17.8 Å². The van der Waals surface area contributed by atoms with E-state index < -0.39 is 23.3 Å². The van der Waals surface area contributed by atoms with E-state index in [2.05, 4.69) is 5.32 Å². The Labute approximate surface area is 158 Å². The van der Waals surface area contributed by atoms with Gasteiger partial charge in [0.15, 0.2) is 0 Å². The van der Waals surface area contributed by atoms with Crippen molar-refractivity contribution in [3.05, 3.63) is 35.6 Å². The van der Waals surface area contributed by atoms with Crippen LogP contribution < -0.4 is 5.32 Å². The van der Waals surface area contributed by atoms with Crippen LogP contribution in [0.1, 0.15) is 51.0 Å². The monoisotopic (exact) mass is 375 g/mol. The molecule has 2 saturated heterocycles. The van der Waals surface area contributed by atoms with E-state index in [1.54, 1.807) is 4.90 Å². The van der Waals surface area contributed by atoms with Gasteiger partial charge >= 0.3 is 6.03 Å². The summed E-state index contributed by atoms with van der Waals surface area (Å²) in [5.74, 6) is -1.04. The van der Waals surface area contributed by atoms with Gasteiger partial charge in [-0.2, -0.15) is 0 Å². The third-order valence-corrected chi connectivity index (χ3v) is 5.42. The third-order valence-electron chi connectivity index (χ3n) is 5.42. The number of unbranched alkanes of at least 4 members (excludes halogenated alkanes) is 1. The van der Waals surface area contributed by atoms with Crippen molar-refractivity contribution in [2.45, 2.75) is 51.0 Å². The molecule has 146 valence electrons. The highest BCUT2D eigenvalue weighted by Gasteiger charge is 2.52. The number of halogens is 1. The molecule has 1 unspecified atom stereocenters. The fourth-order valence-corrected chi connectivity index (χ4v) is 3.83. The molecule has 0 spiro atoms. The van der Waals surface area contributed by atoms with E-state index in [1.807, 2.05) is 6.92 Å². The summed E-state index contributed by atoms with van der Waals surface area (Å²) in [5.41, 5.74) is -0.688. The molecule has 0 radical (unpaired) electrons. The number of rotatable bonds is 6. The van der Waals surface area contributed by atoms with Crippen molar-refractivity contribution in [1.82, 2.24) is 15.1 Å². The Morgan fingerprint density at radius 2 is 1.81 bits per heavy atom. The van der Waals surface area contributed by atoms with Gasteiger partial charge in [-0.3, -0.25) is 14.5 Å². The van der Waals surface area contributed by atoms with Crippen LogP contribution in [0.25, 0.3) is 0 Å². The second kappa shape index (κ2) is 8.06. The molecular formula is C20H26FN3O3. The molecule has 2 heterocycles. The minimum absolute atomic E-state index is 0.205. The smallest absolute Gasteiger partial charge is 0.325 e. The zero-order valence-corrected chi connectivity index (χ0v) is 15.7. The first-order chi connectivity index (χ1) is 13.0. The van der Waals surface area contributed by atoms with Gasteiger partial charge in [-0.1, -0.05) is 31.9 Å². The molecule has 0 saturated carbocycles. The summed E-state index contributed by atoms with van der Waals surface area (Å²) in [6, 6.07) is 5.05. The summed E-state index contributed by atoms with van der Waals surface area (Å²) in [5, 5.41) is 2.79. The summed E-state index contributed by atoms with van der Waals surface area (Å²) in [7, 11) is 0. The van der Waals surface area contributed by atoms with Gasteiger partial charge in [0.1, 0.15) is 17.9 Å². The summed E-state index contributed by atoms with van der Waals surface area (Å²) in [6.07, 6.45) is 4.96. The first-order valence-corrected chi connectivity index (χ1v) is 9.66. The quantitative estimate of drug-likeness (QED) is 0.778. The van der Waals surface area contributed by atoms with Gasteiger partial charge in [0, 0.05) is 13.1 Å². The molecule has 0 aliphatic carbocycles. The average Bonchev–Trinajstić information content (AvgIpc) is 2.92. The Hall–Kier alpha value is -2.44. The topological polar surface area (TPSA) is 69.7 Å². The highest BCUT2D eigenvalue weighted by atomic mass is 19.1. The minimum atomic E-state index is -1.23. The fraction of sp³-hybridized carbons (Fsp3) is 0.550. The lowest BCUT2D eigenvalue weighted by molar-refractivity contribution is -0.139. The summed E-state index contributed by atoms with van der Waals surface area (Å²) in [4.78, 5) is 41.1. The molecule has 0 aromatic heterocycles. The molecule has 0 bridgehead atoms. The molecule has 4 amide bonds. The first-order valence-electron chi connectivity index (χ1n) is 9.66. The van der Waals surface area contributed by atoms with Crippen molar-refractivity contribution in [3.63, 3.8) is 0 Å². The molecule has 7 heteroatoms. The maximum atomic E-state index is 13.3. The SMILES string of the molecule is CCCCC1(c2ccc(F)cc2)NC(=O)N(CC(=O)N2CCCCC2)C1=O. The molecule has 27 heavy (non-hydrogen) atoms. The highest BCUT2D eigenvalue weighted by Crippen LogP contribution is 2.34. The lowest BCUT2D eigenvalue weighted by Crippen LogP contribution is -2.46. The summed E-state index contributed by atoms with van der Waals surface area (Å²) < 4.78 is 13.3. The van der Waals surface area contributed by atoms with Crippen LogP contribution in [0.5, 0.6) is 0 Å². The Balaban J connectivity index is 1.83. The van der Waals surface area contributed by atoms with Gasteiger partial charge in [-0.05, 0) is 43.4 Å². The van der Waals surface area contributed by atoms with Crippen molar-refractivity contribution in [1.29, 1.82) is 0 Å². The summed E-state index contributed by atoms with van der Waals surface area (Å²) in [6.45, 7) is 3.08. The number of urea groups is 1. The van der Waals surface area contributed by atoms with E-state index in [4.69, 9.17) is 0 Å². The fourth-order valence-electron chi connectivity index (χ4n) is 3.83. The number of hydrogen-bond donors (Lipinski definition) is 1. The third kappa shape index (κ3) is 3.82. The Morgan fingerprint density at radius 3 is 2.44 bits per heavy atom. The van der Waals surface area contributed by atoms with Gasteiger partial charge < -0.3 is 10.2 Å². The molecule has 3 rings (SSSR count). The number of amides is 4. The van der Waals surface area contributed by atoms with Gasteiger partial charge in [0.05, 0.1) is 0 Å². The van der Waals surface area contributed by atoms with Crippen molar-refractivity contribution < 1.29 is 18.8 Å². The standard InChI is InChI=1S/C20H26FN3O3/c1-2-3-11-20(15-7-9-16(21)10-8-15)18(26)24(19(27)22-20)14-17(25)23-12-5-4-6-13-23/h7-10H,2-6,11-14H2,1H3,(H,22,27). The maximum Gasteiger partial charge on any atom is 0.325 e. The zero-order chi connectivity index (χ0) is 19.4. The van der Waals surface area contributed by atoms with Crippen LogP contribution >= 0.6 is 0 Å². The van der Waals surface area contributed by atoms with E-state index in [0.29, 0.717) is 25.1 Å². The van der Waals surface area contributed by atoms with E-state index in [1.165, 1.54) is 24.3 Å². The minimum Gasteiger partial charge on any atom is -0.341 e. The number of benzene rings is 1. The molecule has 1 N–H and O–H groups in total. The first kappa shape index (κ1) is 19.3. The number of imide groups is 1. The second-order valence-corrected chi connectivity index (χ2v) is 7.28. The molecule has 2 fully saturated rings. The van der Waals surface area contributed by atoms with E-state index >= 15 is 0 Å². The van der Waals surface area contributed by atoms with E-state index in [9.17, 15) is 18.8 Å². The van der Waals surface area contributed by atoms with Gasteiger partial charge in [-0.25, -0.2) is 9.18 Å². The lowest BCUT2D eigenvalue weighted by Gasteiger charge is -2.29. The molecule has 1 aromatic rings. The number of nitrogens with zero attached hydrogens (tertiary/aromatic N) is 2. The Morgan fingerprint density at radius 1 is 1.15 bits per heavy atom. The largest absolute Gasteiger partial charge is 0.341 e. The number of nitrogens with one attached hydrogen (secondary N) is 1. The normalized spacial score (nSPS) is 22.9. The molecule has 2 aliphatic rings. The number of likely N-dealkylation sites (tertiary alicyclic amines) is 1. The van der Waals surface area contributed by atoms with Gasteiger partial charge in [0.2, 0.25) is 5.91 Å².